The molecule has 1 aromatic carbocycles. The fraction of sp³-hybridized carbons (Fsp3) is 0.333. The summed E-state index contributed by atoms with van der Waals surface area (Å²) >= 11 is 3.23. The highest BCUT2D eigenvalue weighted by Gasteiger charge is 2.14. The van der Waals surface area contributed by atoms with Gasteiger partial charge in [-0.3, -0.25) is 10.1 Å². The van der Waals surface area contributed by atoms with Crippen LogP contribution in [-0.2, 0) is 6.42 Å². The standard InChI is InChI=1S/C12H13BrN4O3/c1-14-4-2-3-11-15-16-12(20-11)8-5-9(13)7-10(6-8)17(18)19/h5-7,14H,2-4H2,1H3. The lowest BCUT2D eigenvalue weighted by atomic mass is 10.2. The number of nitro benzene ring substituents is 1. The molecule has 7 nitrogen and oxygen atoms in total. The molecule has 0 spiro atoms. The molecule has 1 N–H and O–H groups in total. The summed E-state index contributed by atoms with van der Waals surface area (Å²) in [6.45, 7) is 0.861. The van der Waals surface area contributed by atoms with E-state index in [4.69, 9.17) is 4.42 Å². The third-order valence-electron chi connectivity index (χ3n) is 2.62. The monoisotopic (exact) mass is 340 g/mol. The molecule has 0 aliphatic heterocycles. The van der Waals surface area contributed by atoms with Crippen LogP contribution < -0.4 is 5.32 Å². The minimum absolute atomic E-state index is 0.0238. The quantitative estimate of drug-likeness (QED) is 0.493. The first-order valence-corrected chi connectivity index (χ1v) is 6.82. The summed E-state index contributed by atoms with van der Waals surface area (Å²) in [4.78, 5) is 10.4. The fourth-order valence-corrected chi connectivity index (χ4v) is 2.17. The molecule has 0 aliphatic rings. The molecule has 1 heterocycles. The van der Waals surface area contributed by atoms with Crippen LogP contribution in [0.4, 0.5) is 5.69 Å². The predicted molar refractivity (Wildman–Crippen MR) is 76.3 cm³/mol. The van der Waals surface area contributed by atoms with E-state index >= 15 is 0 Å². The molecule has 0 saturated heterocycles. The summed E-state index contributed by atoms with van der Waals surface area (Å²) in [6.07, 6.45) is 1.56. The number of halogens is 1. The number of non-ortho nitro benzene ring substituents is 1. The first-order chi connectivity index (χ1) is 9.60. The predicted octanol–water partition coefficient (Wildman–Crippen LogP) is 2.56. The first kappa shape index (κ1) is 14.6. The molecule has 0 aliphatic carbocycles. The van der Waals surface area contributed by atoms with Crippen molar-refractivity contribution in [2.75, 3.05) is 13.6 Å². The Labute approximate surface area is 123 Å². The number of rotatable bonds is 6. The maximum Gasteiger partial charge on any atom is 0.271 e. The third kappa shape index (κ3) is 3.61. The summed E-state index contributed by atoms with van der Waals surface area (Å²) < 4.78 is 6.11. The minimum atomic E-state index is -0.460. The van der Waals surface area contributed by atoms with E-state index in [-0.39, 0.29) is 11.6 Å². The van der Waals surface area contributed by atoms with Crippen LogP contribution in [0.5, 0.6) is 0 Å². The van der Waals surface area contributed by atoms with Crippen molar-refractivity contribution in [3.8, 4) is 11.5 Å². The molecule has 8 heteroatoms. The van der Waals surface area contributed by atoms with Gasteiger partial charge in [0.2, 0.25) is 11.8 Å². The van der Waals surface area contributed by atoms with Gasteiger partial charge in [0.25, 0.3) is 5.69 Å². The van der Waals surface area contributed by atoms with E-state index in [1.807, 2.05) is 7.05 Å². The van der Waals surface area contributed by atoms with Crippen LogP contribution in [0.1, 0.15) is 12.3 Å². The van der Waals surface area contributed by atoms with Gasteiger partial charge in [-0.15, -0.1) is 10.2 Å². The number of aryl methyl sites for hydroxylation is 1. The number of hydrogen-bond donors (Lipinski definition) is 1. The van der Waals surface area contributed by atoms with Crippen molar-refractivity contribution in [3.05, 3.63) is 38.7 Å². The third-order valence-corrected chi connectivity index (χ3v) is 3.08. The zero-order valence-corrected chi connectivity index (χ0v) is 12.4. The first-order valence-electron chi connectivity index (χ1n) is 6.02. The average Bonchev–Trinajstić information content (AvgIpc) is 2.87. The van der Waals surface area contributed by atoms with Crippen molar-refractivity contribution in [1.29, 1.82) is 0 Å². The second-order valence-electron chi connectivity index (χ2n) is 4.16. The summed E-state index contributed by atoms with van der Waals surface area (Å²) in [5.41, 5.74) is 0.503. The largest absolute Gasteiger partial charge is 0.421 e. The van der Waals surface area contributed by atoms with E-state index in [1.165, 1.54) is 12.1 Å². The minimum Gasteiger partial charge on any atom is -0.421 e. The van der Waals surface area contributed by atoms with Gasteiger partial charge in [-0.1, -0.05) is 15.9 Å². The zero-order valence-electron chi connectivity index (χ0n) is 10.8. The van der Waals surface area contributed by atoms with Gasteiger partial charge in [0.1, 0.15) is 0 Å². The van der Waals surface area contributed by atoms with E-state index in [1.54, 1.807) is 6.07 Å². The number of nitrogens with zero attached hydrogens (tertiary/aromatic N) is 3. The Kier molecular flexibility index (Phi) is 4.80. The van der Waals surface area contributed by atoms with Crippen LogP contribution in [0, 0.1) is 10.1 Å². The Morgan fingerprint density at radius 2 is 2.20 bits per heavy atom. The molecular weight excluding hydrogens is 328 g/mol. The van der Waals surface area contributed by atoms with Gasteiger partial charge in [0.05, 0.1) is 4.92 Å². The van der Waals surface area contributed by atoms with Crippen molar-refractivity contribution in [3.63, 3.8) is 0 Å². The van der Waals surface area contributed by atoms with E-state index in [9.17, 15) is 10.1 Å². The van der Waals surface area contributed by atoms with Crippen molar-refractivity contribution in [1.82, 2.24) is 15.5 Å². The van der Waals surface area contributed by atoms with Crippen LogP contribution in [0.15, 0.2) is 27.1 Å². The smallest absolute Gasteiger partial charge is 0.271 e. The molecule has 2 rings (SSSR count). The lowest BCUT2D eigenvalue weighted by Gasteiger charge is -1.98. The van der Waals surface area contributed by atoms with Gasteiger partial charge in [0, 0.05) is 28.6 Å². The van der Waals surface area contributed by atoms with E-state index < -0.39 is 4.92 Å². The Morgan fingerprint density at radius 1 is 1.40 bits per heavy atom. The second-order valence-corrected chi connectivity index (χ2v) is 5.08. The van der Waals surface area contributed by atoms with E-state index in [2.05, 4.69) is 31.4 Å². The van der Waals surface area contributed by atoms with Gasteiger partial charge < -0.3 is 9.73 Å². The van der Waals surface area contributed by atoms with Gasteiger partial charge in [0.15, 0.2) is 0 Å². The lowest BCUT2D eigenvalue weighted by molar-refractivity contribution is -0.384. The molecule has 20 heavy (non-hydrogen) atoms. The van der Waals surface area contributed by atoms with Crippen LogP contribution in [0.3, 0.4) is 0 Å². The molecule has 106 valence electrons. The van der Waals surface area contributed by atoms with Gasteiger partial charge in [-0.25, -0.2) is 0 Å². The lowest BCUT2D eigenvalue weighted by Crippen LogP contribution is -2.08. The van der Waals surface area contributed by atoms with Gasteiger partial charge in [-0.05, 0) is 26.1 Å². The number of aromatic nitrogens is 2. The maximum atomic E-state index is 10.8. The molecule has 0 fully saturated rings. The van der Waals surface area contributed by atoms with Crippen LogP contribution in [0.25, 0.3) is 11.5 Å². The molecule has 0 saturated carbocycles. The summed E-state index contributed by atoms with van der Waals surface area (Å²) in [6, 6.07) is 4.54. The van der Waals surface area contributed by atoms with Crippen molar-refractivity contribution in [2.45, 2.75) is 12.8 Å². The van der Waals surface area contributed by atoms with Crippen LogP contribution in [0.2, 0.25) is 0 Å². The molecule has 2 aromatic rings. The molecular formula is C12H13BrN4O3. The molecule has 0 atom stereocenters. The highest BCUT2D eigenvalue weighted by Crippen LogP contribution is 2.27. The Hall–Kier alpha value is -1.80. The highest BCUT2D eigenvalue weighted by molar-refractivity contribution is 9.10. The Morgan fingerprint density at radius 3 is 2.90 bits per heavy atom. The van der Waals surface area contributed by atoms with Crippen molar-refractivity contribution in [2.24, 2.45) is 0 Å². The topological polar surface area (TPSA) is 94.1 Å². The van der Waals surface area contributed by atoms with Crippen LogP contribution >= 0.6 is 15.9 Å². The highest BCUT2D eigenvalue weighted by atomic mass is 79.9. The number of benzene rings is 1. The number of nitrogens with one attached hydrogen (secondary N) is 1. The average molecular weight is 341 g/mol. The molecule has 0 unspecified atom stereocenters. The fourth-order valence-electron chi connectivity index (χ4n) is 1.69. The Balaban J connectivity index is 2.21. The molecule has 0 amide bonds. The van der Waals surface area contributed by atoms with Crippen molar-refractivity contribution >= 4 is 21.6 Å². The summed E-state index contributed by atoms with van der Waals surface area (Å²) in [7, 11) is 1.87. The molecule has 0 radical (unpaired) electrons. The second kappa shape index (κ2) is 6.58. The number of nitro groups is 1. The maximum absolute atomic E-state index is 10.8. The zero-order chi connectivity index (χ0) is 14.5. The SMILES string of the molecule is CNCCCc1nnc(-c2cc(Br)cc([N+](=O)[O-])c2)o1. The molecule has 0 bridgehead atoms. The van der Waals surface area contributed by atoms with Gasteiger partial charge >= 0.3 is 0 Å². The van der Waals surface area contributed by atoms with E-state index in [0.717, 1.165) is 13.0 Å². The van der Waals surface area contributed by atoms with Crippen molar-refractivity contribution < 1.29 is 9.34 Å². The normalized spacial score (nSPS) is 10.7. The Bertz CT molecular complexity index is 614. The molecule has 1 aromatic heterocycles. The van der Waals surface area contributed by atoms with Gasteiger partial charge in [-0.2, -0.15) is 0 Å². The van der Waals surface area contributed by atoms with Crippen LogP contribution in [-0.4, -0.2) is 28.7 Å². The summed E-state index contributed by atoms with van der Waals surface area (Å²) in [5, 5.41) is 21.7. The van der Waals surface area contributed by atoms with E-state index in [0.29, 0.717) is 22.3 Å². The summed E-state index contributed by atoms with van der Waals surface area (Å²) in [5.74, 6) is 0.812. The number of hydrogen-bond acceptors (Lipinski definition) is 6.